The molecule has 1 fully saturated rings. The molecule has 0 spiro atoms. The number of nitrogens with one attached hydrogen (secondary N) is 2. The van der Waals surface area contributed by atoms with Crippen LogP contribution in [0.25, 0.3) is 0 Å². The minimum atomic E-state index is 0.778. The van der Waals surface area contributed by atoms with Crippen molar-refractivity contribution in [3.05, 3.63) is 18.5 Å². The summed E-state index contributed by atoms with van der Waals surface area (Å²) in [5.41, 5.74) is 0. The van der Waals surface area contributed by atoms with E-state index in [1.807, 2.05) is 6.07 Å². The molecule has 5 nitrogen and oxygen atoms in total. The van der Waals surface area contributed by atoms with E-state index < -0.39 is 0 Å². The van der Waals surface area contributed by atoms with Crippen LogP contribution in [0.15, 0.2) is 23.5 Å². The Bertz CT molecular complexity index is 210. The summed E-state index contributed by atoms with van der Waals surface area (Å²) in [5.74, 6) is 0. The van der Waals surface area contributed by atoms with E-state index in [1.54, 1.807) is 12.4 Å². The van der Waals surface area contributed by atoms with Gasteiger partial charge >= 0.3 is 0 Å². The Labute approximate surface area is 96.3 Å². The molecule has 3 heterocycles. The molecule has 1 aromatic heterocycles. The Hall–Kier alpha value is -1.36. The first-order chi connectivity index (χ1) is 8.00. The molecule has 90 valence electrons. The van der Waals surface area contributed by atoms with E-state index in [4.69, 9.17) is 0 Å². The van der Waals surface area contributed by atoms with E-state index in [-0.39, 0.29) is 0 Å². The first kappa shape index (κ1) is 12.7. The van der Waals surface area contributed by atoms with Gasteiger partial charge in [-0.25, -0.2) is 0 Å². The number of aromatic amines is 1. The summed E-state index contributed by atoms with van der Waals surface area (Å²) in [5, 5.41) is 9.49. The summed E-state index contributed by atoms with van der Waals surface area (Å²) in [6.07, 6.45) is 9.16. The van der Waals surface area contributed by atoms with Crippen LogP contribution in [0, 0.1) is 0 Å². The van der Waals surface area contributed by atoms with Crippen molar-refractivity contribution in [2.45, 2.75) is 19.3 Å². The van der Waals surface area contributed by atoms with E-state index in [2.05, 4.69) is 25.2 Å². The van der Waals surface area contributed by atoms with Crippen LogP contribution >= 0.6 is 0 Å². The molecule has 5 heteroatoms. The predicted molar refractivity (Wildman–Crippen MR) is 64.6 cm³/mol. The van der Waals surface area contributed by atoms with Crippen molar-refractivity contribution in [2.24, 2.45) is 4.99 Å². The predicted octanol–water partition coefficient (Wildman–Crippen LogP) is 1.21. The van der Waals surface area contributed by atoms with Crippen molar-refractivity contribution >= 4 is 6.40 Å². The van der Waals surface area contributed by atoms with Crippen LogP contribution in [0.3, 0.4) is 0 Å². The van der Waals surface area contributed by atoms with E-state index in [9.17, 15) is 0 Å². The van der Waals surface area contributed by atoms with Gasteiger partial charge in [0.25, 0.3) is 0 Å². The summed E-state index contributed by atoms with van der Waals surface area (Å²) in [6, 6.07) is 1.83. The van der Waals surface area contributed by atoms with Gasteiger partial charge in [0.15, 0.2) is 6.40 Å². The molecular formula is C11H20N4O. The van der Waals surface area contributed by atoms with E-state index >= 15 is 0 Å². The Morgan fingerprint density at radius 3 is 2.19 bits per heavy atom. The van der Waals surface area contributed by atoms with Crippen molar-refractivity contribution in [3.63, 3.8) is 0 Å². The average Bonchev–Trinajstić information content (AvgIpc) is 3.10. The number of piperidine rings is 1. The van der Waals surface area contributed by atoms with Gasteiger partial charge in [-0.1, -0.05) is 6.42 Å². The van der Waals surface area contributed by atoms with Crippen LogP contribution in [0.4, 0.5) is 0 Å². The third kappa shape index (κ3) is 7.99. The largest absolute Gasteiger partial charge is 0.482 e. The number of hydrogen-bond donors (Lipinski definition) is 2. The van der Waals surface area contributed by atoms with Gasteiger partial charge in [-0.3, -0.25) is 10.1 Å². The monoisotopic (exact) mass is 224 g/mol. The fourth-order valence-corrected chi connectivity index (χ4v) is 1.28. The molecule has 0 aliphatic carbocycles. The number of ether oxygens (including phenoxy) is 1. The zero-order valence-electron chi connectivity index (χ0n) is 9.56. The highest BCUT2D eigenvalue weighted by Gasteiger charge is 1.93. The molecule has 2 aliphatic heterocycles. The summed E-state index contributed by atoms with van der Waals surface area (Å²) in [6.45, 7) is 4.12. The second-order valence-electron chi connectivity index (χ2n) is 3.46. The minimum absolute atomic E-state index is 0.778. The number of hydrogen-bond acceptors (Lipinski definition) is 4. The molecule has 0 amide bonds. The van der Waals surface area contributed by atoms with Crippen LogP contribution in [0.5, 0.6) is 0 Å². The SMILES string of the molecule is C1=NCCO1.C1CCNCC1.c1cn[nH]c1. The van der Waals surface area contributed by atoms with Crippen LogP contribution in [0.2, 0.25) is 0 Å². The zero-order chi connectivity index (χ0) is 11.3. The van der Waals surface area contributed by atoms with Crippen LogP contribution < -0.4 is 5.32 Å². The number of nitrogens with zero attached hydrogens (tertiary/aromatic N) is 2. The standard InChI is InChI=1S/C5H11N.C3H4N2.C3H5NO/c1-2-4-6-5-3-1;1-2-4-5-3-1;1-2-5-3-4-1/h6H,1-5H2;1-3H,(H,4,5);3H,1-2H2. The van der Waals surface area contributed by atoms with Gasteiger partial charge < -0.3 is 10.1 Å². The van der Waals surface area contributed by atoms with Crippen LogP contribution in [-0.2, 0) is 4.74 Å². The third-order valence-corrected chi connectivity index (χ3v) is 2.10. The molecule has 2 N–H and O–H groups in total. The van der Waals surface area contributed by atoms with Crippen molar-refractivity contribution in [1.29, 1.82) is 0 Å². The van der Waals surface area contributed by atoms with Gasteiger partial charge in [-0.15, -0.1) is 0 Å². The van der Waals surface area contributed by atoms with Crippen molar-refractivity contribution in [1.82, 2.24) is 15.5 Å². The lowest BCUT2D eigenvalue weighted by atomic mass is 10.2. The first-order valence-corrected chi connectivity index (χ1v) is 5.74. The topological polar surface area (TPSA) is 62.3 Å². The molecule has 1 saturated heterocycles. The van der Waals surface area contributed by atoms with Gasteiger partial charge in [0.2, 0.25) is 0 Å². The molecule has 0 aromatic carbocycles. The molecule has 16 heavy (non-hydrogen) atoms. The number of H-pyrrole nitrogens is 1. The second-order valence-corrected chi connectivity index (χ2v) is 3.46. The fraction of sp³-hybridized carbons (Fsp3) is 0.636. The van der Waals surface area contributed by atoms with Gasteiger partial charge in [0.05, 0.1) is 6.54 Å². The Morgan fingerprint density at radius 1 is 1.12 bits per heavy atom. The molecule has 2 aliphatic rings. The van der Waals surface area contributed by atoms with E-state index in [0.717, 1.165) is 13.2 Å². The van der Waals surface area contributed by atoms with Gasteiger partial charge in [0.1, 0.15) is 6.61 Å². The summed E-state index contributed by atoms with van der Waals surface area (Å²) >= 11 is 0. The zero-order valence-corrected chi connectivity index (χ0v) is 9.56. The van der Waals surface area contributed by atoms with Crippen LogP contribution in [0.1, 0.15) is 19.3 Å². The molecule has 0 radical (unpaired) electrons. The number of aliphatic imine (C=N–C) groups is 1. The highest BCUT2D eigenvalue weighted by Crippen LogP contribution is 1.96. The van der Waals surface area contributed by atoms with E-state index in [0.29, 0.717) is 0 Å². The average molecular weight is 224 g/mol. The number of aromatic nitrogens is 2. The highest BCUT2D eigenvalue weighted by atomic mass is 16.5. The Morgan fingerprint density at radius 2 is 2.00 bits per heavy atom. The van der Waals surface area contributed by atoms with Crippen molar-refractivity contribution in [3.8, 4) is 0 Å². The summed E-state index contributed by atoms with van der Waals surface area (Å²) < 4.78 is 4.65. The van der Waals surface area contributed by atoms with Crippen molar-refractivity contribution in [2.75, 3.05) is 26.2 Å². The fourth-order valence-electron chi connectivity index (χ4n) is 1.28. The van der Waals surface area contributed by atoms with E-state index in [1.165, 1.54) is 38.8 Å². The summed E-state index contributed by atoms with van der Waals surface area (Å²) in [4.78, 5) is 3.74. The number of rotatable bonds is 0. The highest BCUT2D eigenvalue weighted by molar-refractivity contribution is 5.47. The van der Waals surface area contributed by atoms with Crippen molar-refractivity contribution < 1.29 is 4.74 Å². The van der Waals surface area contributed by atoms with Gasteiger partial charge in [-0.05, 0) is 32.0 Å². The Balaban J connectivity index is 0.000000121. The smallest absolute Gasteiger partial charge is 0.169 e. The molecule has 0 unspecified atom stereocenters. The lowest BCUT2D eigenvalue weighted by molar-refractivity contribution is 0.361. The molecule has 0 saturated carbocycles. The van der Waals surface area contributed by atoms with Crippen LogP contribution in [-0.4, -0.2) is 42.8 Å². The molecule has 0 bridgehead atoms. The normalized spacial score (nSPS) is 17.5. The second kappa shape index (κ2) is 10.2. The maximum atomic E-state index is 4.65. The lowest BCUT2D eigenvalue weighted by Gasteiger charge is -2.08. The molecule has 3 rings (SSSR count). The Kier molecular flexibility index (Phi) is 8.08. The first-order valence-electron chi connectivity index (χ1n) is 5.74. The maximum Gasteiger partial charge on any atom is 0.169 e. The minimum Gasteiger partial charge on any atom is -0.482 e. The molecular weight excluding hydrogens is 204 g/mol. The quantitative estimate of drug-likeness (QED) is 0.696. The third-order valence-electron chi connectivity index (χ3n) is 2.10. The summed E-state index contributed by atoms with van der Waals surface area (Å²) in [7, 11) is 0. The van der Waals surface area contributed by atoms with Gasteiger partial charge in [-0.2, -0.15) is 5.10 Å². The molecule has 1 aromatic rings. The lowest BCUT2D eigenvalue weighted by Crippen LogP contribution is -2.21. The molecule has 0 atom stereocenters. The van der Waals surface area contributed by atoms with Gasteiger partial charge in [0, 0.05) is 12.4 Å². The maximum absolute atomic E-state index is 4.65.